The highest BCUT2D eigenvalue weighted by Crippen LogP contribution is 2.47. The number of benzene rings is 1. The number of nitrogens with zero attached hydrogens (tertiary/aromatic N) is 3. The molecule has 128 valence electrons. The zero-order chi connectivity index (χ0) is 16.9. The van der Waals surface area contributed by atoms with Gasteiger partial charge >= 0.3 is 0 Å². The molecular weight excluding hydrogens is 370 g/mol. The van der Waals surface area contributed by atoms with Crippen LogP contribution in [0.3, 0.4) is 0 Å². The lowest BCUT2D eigenvalue weighted by Crippen LogP contribution is -2.31. The van der Waals surface area contributed by atoms with Crippen molar-refractivity contribution < 1.29 is 9.53 Å². The average Bonchev–Trinajstić information content (AvgIpc) is 3.08. The molecule has 1 saturated carbocycles. The fourth-order valence-corrected chi connectivity index (χ4v) is 4.83. The molecule has 0 radical (unpaired) electrons. The second-order valence-corrected chi connectivity index (χ2v) is 8.17. The molecule has 0 bridgehead atoms. The minimum atomic E-state index is 0.209. The Hall–Kier alpha value is -1.56. The summed E-state index contributed by atoms with van der Waals surface area (Å²) in [4.78, 5) is 13.8. The van der Waals surface area contributed by atoms with Crippen molar-refractivity contribution in [3.8, 4) is 5.75 Å². The molecule has 1 aliphatic heterocycles. The lowest BCUT2D eigenvalue weighted by molar-refractivity contribution is -0.126. The average molecular weight is 392 g/mol. The molecule has 5 nitrogen and oxygen atoms in total. The molecule has 1 saturated heterocycles. The number of carbonyl (C=O) groups excluding carboxylic acids is 1. The summed E-state index contributed by atoms with van der Waals surface area (Å²) >= 11 is 3.54. The first-order valence-electron chi connectivity index (χ1n) is 8.46. The maximum atomic E-state index is 11.9. The van der Waals surface area contributed by atoms with E-state index in [0.717, 1.165) is 59.8 Å². The van der Waals surface area contributed by atoms with E-state index in [1.165, 1.54) is 0 Å². The number of rotatable bonds is 2. The number of ether oxygens (including phenoxy) is 1. The van der Waals surface area contributed by atoms with Crippen LogP contribution in [0.25, 0.3) is 10.9 Å². The number of amides is 1. The Morgan fingerprint density at radius 3 is 2.71 bits per heavy atom. The molecule has 24 heavy (non-hydrogen) atoms. The fraction of sp³-hybridized carbons (Fsp3) is 0.556. The van der Waals surface area contributed by atoms with Gasteiger partial charge in [-0.2, -0.15) is 5.10 Å². The lowest BCUT2D eigenvalue weighted by atomic mass is 9.72. The van der Waals surface area contributed by atoms with Crippen LogP contribution in [0.2, 0.25) is 0 Å². The molecule has 1 aliphatic carbocycles. The normalized spacial score (nSPS) is 27.4. The third kappa shape index (κ3) is 2.61. The van der Waals surface area contributed by atoms with Crippen LogP contribution < -0.4 is 4.74 Å². The van der Waals surface area contributed by atoms with Crippen LogP contribution in [0.1, 0.15) is 38.1 Å². The van der Waals surface area contributed by atoms with Gasteiger partial charge in [-0.15, -0.1) is 0 Å². The Morgan fingerprint density at radius 1 is 1.33 bits per heavy atom. The van der Waals surface area contributed by atoms with Gasteiger partial charge < -0.3 is 9.64 Å². The molecule has 1 amide bonds. The predicted molar refractivity (Wildman–Crippen MR) is 96.2 cm³/mol. The predicted octanol–water partition coefficient (Wildman–Crippen LogP) is 3.77. The van der Waals surface area contributed by atoms with Crippen LogP contribution in [0.15, 0.2) is 22.8 Å². The maximum Gasteiger partial charge on any atom is 0.222 e. The molecule has 1 aromatic heterocycles. The van der Waals surface area contributed by atoms with E-state index in [9.17, 15) is 4.79 Å². The van der Waals surface area contributed by atoms with Gasteiger partial charge in [-0.25, -0.2) is 0 Å². The summed E-state index contributed by atoms with van der Waals surface area (Å²) in [6.07, 6.45) is 7.25. The Kier molecular flexibility index (Phi) is 3.82. The topological polar surface area (TPSA) is 47.4 Å². The SMILES string of the molecule is COc1cc2nn(C3CCC4(CC3)CC(=O)N(C)C4)cc2cc1Br. The summed E-state index contributed by atoms with van der Waals surface area (Å²) in [5.74, 6) is 1.11. The minimum Gasteiger partial charge on any atom is -0.495 e. The summed E-state index contributed by atoms with van der Waals surface area (Å²) in [5, 5.41) is 5.89. The number of likely N-dealkylation sites (tertiary alicyclic amines) is 1. The van der Waals surface area contributed by atoms with Gasteiger partial charge in [0.15, 0.2) is 0 Å². The molecular formula is C18H22BrN3O2. The zero-order valence-electron chi connectivity index (χ0n) is 14.1. The first kappa shape index (κ1) is 15.9. The maximum absolute atomic E-state index is 11.9. The lowest BCUT2D eigenvalue weighted by Gasteiger charge is -2.36. The highest BCUT2D eigenvalue weighted by molar-refractivity contribution is 9.10. The van der Waals surface area contributed by atoms with E-state index in [4.69, 9.17) is 9.84 Å². The molecule has 6 heteroatoms. The molecule has 2 heterocycles. The first-order valence-corrected chi connectivity index (χ1v) is 9.25. The van der Waals surface area contributed by atoms with Gasteiger partial charge in [-0.1, -0.05) is 0 Å². The van der Waals surface area contributed by atoms with Crippen LogP contribution in [-0.2, 0) is 4.79 Å². The monoisotopic (exact) mass is 391 g/mol. The summed E-state index contributed by atoms with van der Waals surface area (Å²) in [6, 6.07) is 4.46. The van der Waals surface area contributed by atoms with Crippen LogP contribution in [-0.4, -0.2) is 41.3 Å². The van der Waals surface area contributed by atoms with Crippen LogP contribution in [0.5, 0.6) is 5.75 Å². The third-order valence-electron chi connectivity index (χ3n) is 5.71. The molecule has 0 unspecified atom stereocenters. The number of aromatic nitrogens is 2. The van der Waals surface area contributed by atoms with Crippen molar-refractivity contribution in [2.45, 2.75) is 38.1 Å². The van der Waals surface area contributed by atoms with Crippen molar-refractivity contribution in [3.05, 3.63) is 22.8 Å². The first-order chi connectivity index (χ1) is 11.5. The van der Waals surface area contributed by atoms with Crippen molar-refractivity contribution in [1.29, 1.82) is 0 Å². The Balaban J connectivity index is 1.53. The largest absolute Gasteiger partial charge is 0.495 e. The molecule has 2 aliphatic rings. The Morgan fingerprint density at radius 2 is 2.08 bits per heavy atom. The summed E-state index contributed by atoms with van der Waals surface area (Å²) in [7, 11) is 3.60. The number of hydrogen-bond donors (Lipinski definition) is 0. The van der Waals surface area contributed by atoms with E-state index < -0.39 is 0 Å². The minimum absolute atomic E-state index is 0.209. The Bertz CT molecular complexity index is 793. The molecule has 2 fully saturated rings. The van der Waals surface area contributed by atoms with Crippen molar-refractivity contribution in [2.24, 2.45) is 5.41 Å². The molecule has 2 aromatic rings. The molecule has 0 N–H and O–H groups in total. The van der Waals surface area contributed by atoms with Crippen LogP contribution >= 0.6 is 15.9 Å². The summed E-state index contributed by atoms with van der Waals surface area (Å²) in [5.41, 5.74) is 1.17. The molecule has 4 rings (SSSR count). The summed E-state index contributed by atoms with van der Waals surface area (Å²) in [6.45, 7) is 0.920. The van der Waals surface area contributed by atoms with Crippen molar-refractivity contribution in [2.75, 3.05) is 20.7 Å². The van der Waals surface area contributed by atoms with E-state index in [-0.39, 0.29) is 5.41 Å². The second kappa shape index (κ2) is 5.76. The quantitative estimate of drug-likeness (QED) is 0.782. The van der Waals surface area contributed by atoms with Gasteiger partial charge in [-0.05, 0) is 53.1 Å². The van der Waals surface area contributed by atoms with Gasteiger partial charge in [0, 0.05) is 37.7 Å². The fourth-order valence-electron chi connectivity index (χ4n) is 4.30. The van der Waals surface area contributed by atoms with E-state index in [1.54, 1.807) is 7.11 Å². The molecule has 0 atom stereocenters. The van der Waals surface area contributed by atoms with Crippen molar-refractivity contribution >= 4 is 32.7 Å². The number of carbonyl (C=O) groups is 1. The molecule has 1 spiro atoms. The Labute approximate surface area is 150 Å². The van der Waals surface area contributed by atoms with E-state index in [1.807, 2.05) is 18.0 Å². The molecule has 1 aromatic carbocycles. The number of halogens is 1. The third-order valence-corrected chi connectivity index (χ3v) is 6.33. The van der Waals surface area contributed by atoms with Gasteiger partial charge in [0.1, 0.15) is 5.75 Å². The van der Waals surface area contributed by atoms with E-state index >= 15 is 0 Å². The summed E-state index contributed by atoms with van der Waals surface area (Å²) < 4.78 is 8.42. The highest BCUT2D eigenvalue weighted by atomic mass is 79.9. The smallest absolute Gasteiger partial charge is 0.222 e. The highest BCUT2D eigenvalue weighted by Gasteiger charge is 2.44. The van der Waals surface area contributed by atoms with Gasteiger partial charge in [0.05, 0.1) is 23.1 Å². The number of hydrogen-bond acceptors (Lipinski definition) is 3. The number of methoxy groups -OCH3 is 1. The van der Waals surface area contributed by atoms with Crippen LogP contribution in [0.4, 0.5) is 0 Å². The van der Waals surface area contributed by atoms with Gasteiger partial charge in [-0.3, -0.25) is 9.48 Å². The standard InChI is InChI=1S/C18H22BrN3O2/c1-21-11-18(9-17(21)23)5-3-13(4-6-18)22-10-12-7-14(19)16(24-2)8-15(12)20-22/h7-8,10,13H,3-6,9,11H2,1-2H3. The van der Waals surface area contributed by atoms with E-state index in [0.29, 0.717) is 11.9 Å². The van der Waals surface area contributed by atoms with Gasteiger partial charge in [0.2, 0.25) is 5.91 Å². The van der Waals surface area contributed by atoms with Crippen molar-refractivity contribution in [1.82, 2.24) is 14.7 Å². The second-order valence-electron chi connectivity index (χ2n) is 7.31. The van der Waals surface area contributed by atoms with Crippen LogP contribution in [0, 0.1) is 5.41 Å². The zero-order valence-corrected chi connectivity index (χ0v) is 15.7. The van der Waals surface area contributed by atoms with Gasteiger partial charge in [0.25, 0.3) is 0 Å². The number of fused-ring (bicyclic) bond motifs is 1. The van der Waals surface area contributed by atoms with Crippen molar-refractivity contribution in [3.63, 3.8) is 0 Å². The van der Waals surface area contributed by atoms with E-state index in [2.05, 4.69) is 32.9 Å².